The quantitative estimate of drug-likeness (QED) is 0.689. The Balaban J connectivity index is 1.91. The average molecular weight is 312 g/mol. The molecule has 0 bridgehead atoms. The van der Waals surface area contributed by atoms with E-state index >= 15 is 0 Å². The number of carboxylic acids is 1. The fourth-order valence-corrected chi connectivity index (χ4v) is 3.26. The first kappa shape index (κ1) is 15.5. The zero-order valence-electron chi connectivity index (χ0n) is 11.2. The number of benzene rings is 1. The van der Waals surface area contributed by atoms with Crippen LogP contribution in [-0.2, 0) is 20.6 Å². The summed E-state index contributed by atoms with van der Waals surface area (Å²) in [6.45, 7) is 0.168. The summed E-state index contributed by atoms with van der Waals surface area (Å²) in [5, 5.41) is 11.4. The molecule has 1 heterocycles. The van der Waals surface area contributed by atoms with E-state index in [1.54, 1.807) is 0 Å². The molecule has 0 spiro atoms. The average Bonchev–Trinajstić information content (AvgIpc) is 2.83. The van der Waals surface area contributed by atoms with E-state index in [0.29, 0.717) is 18.4 Å². The Hall–Kier alpha value is -1.93. The third kappa shape index (κ3) is 4.54. The standard InChI is InChI=1S/C13H16N2O5S/c16-12-6-5-11(15-12)7-14-21(19,20)8-9-1-3-10(4-2-9)13(17)18/h1-4,11,14H,5-8H2,(H,15,16)(H,17,18). The minimum absolute atomic E-state index is 0.0662. The van der Waals surface area contributed by atoms with Crippen LogP contribution in [0.3, 0.4) is 0 Å². The molecule has 0 aromatic heterocycles. The van der Waals surface area contributed by atoms with E-state index in [4.69, 9.17) is 5.11 Å². The van der Waals surface area contributed by atoms with Gasteiger partial charge in [-0.1, -0.05) is 12.1 Å². The maximum absolute atomic E-state index is 11.9. The van der Waals surface area contributed by atoms with Crippen molar-refractivity contribution in [3.05, 3.63) is 35.4 Å². The topological polar surface area (TPSA) is 113 Å². The van der Waals surface area contributed by atoms with Gasteiger partial charge in [0.15, 0.2) is 0 Å². The van der Waals surface area contributed by atoms with Crippen LogP contribution in [0.5, 0.6) is 0 Å². The molecular weight excluding hydrogens is 296 g/mol. The molecule has 1 aromatic rings. The maximum atomic E-state index is 11.9. The van der Waals surface area contributed by atoms with Gasteiger partial charge in [0.05, 0.1) is 11.3 Å². The van der Waals surface area contributed by atoms with E-state index in [1.807, 2.05) is 0 Å². The Morgan fingerprint density at radius 2 is 2.00 bits per heavy atom. The molecule has 21 heavy (non-hydrogen) atoms. The Morgan fingerprint density at radius 1 is 1.33 bits per heavy atom. The second-order valence-electron chi connectivity index (χ2n) is 4.91. The Labute approximate surface area is 122 Å². The molecule has 1 fully saturated rings. The van der Waals surface area contributed by atoms with Crippen molar-refractivity contribution >= 4 is 21.9 Å². The molecule has 3 N–H and O–H groups in total. The van der Waals surface area contributed by atoms with E-state index in [2.05, 4.69) is 10.0 Å². The first-order valence-corrected chi connectivity index (χ1v) is 8.10. The molecule has 1 saturated heterocycles. The highest BCUT2D eigenvalue weighted by atomic mass is 32.2. The number of aromatic carboxylic acids is 1. The minimum atomic E-state index is -3.52. The predicted octanol–water partition coefficient (Wildman–Crippen LogP) is 0.0828. The van der Waals surface area contributed by atoms with Crippen LogP contribution in [0.1, 0.15) is 28.8 Å². The van der Waals surface area contributed by atoms with Crippen LogP contribution in [-0.4, -0.2) is 38.0 Å². The summed E-state index contributed by atoms with van der Waals surface area (Å²) >= 11 is 0. The van der Waals surface area contributed by atoms with E-state index in [9.17, 15) is 18.0 Å². The van der Waals surface area contributed by atoms with Crippen molar-refractivity contribution in [3.63, 3.8) is 0 Å². The van der Waals surface area contributed by atoms with Gasteiger partial charge in [0.2, 0.25) is 15.9 Å². The molecule has 1 unspecified atom stereocenters. The molecule has 0 aliphatic carbocycles. The highest BCUT2D eigenvalue weighted by Gasteiger charge is 2.22. The number of amides is 1. The van der Waals surface area contributed by atoms with Crippen molar-refractivity contribution in [2.45, 2.75) is 24.6 Å². The Bertz CT molecular complexity index is 639. The number of carbonyl (C=O) groups excluding carboxylic acids is 1. The molecule has 8 heteroatoms. The molecule has 7 nitrogen and oxygen atoms in total. The largest absolute Gasteiger partial charge is 0.478 e. The number of carboxylic acid groups (broad SMARTS) is 1. The van der Waals surface area contributed by atoms with E-state index in [0.717, 1.165) is 0 Å². The smallest absolute Gasteiger partial charge is 0.335 e. The first-order valence-electron chi connectivity index (χ1n) is 6.45. The van der Waals surface area contributed by atoms with Crippen molar-refractivity contribution in [2.24, 2.45) is 0 Å². The number of hydrogen-bond acceptors (Lipinski definition) is 4. The number of hydrogen-bond donors (Lipinski definition) is 3. The van der Waals surface area contributed by atoms with Crippen molar-refractivity contribution in [1.82, 2.24) is 10.0 Å². The van der Waals surface area contributed by atoms with Crippen molar-refractivity contribution in [3.8, 4) is 0 Å². The lowest BCUT2D eigenvalue weighted by atomic mass is 10.1. The van der Waals surface area contributed by atoms with Gasteiger partial charge in [-0.3, -0.25) is 4.79 Å². The molecule has 1 amide bonds. The first-order chi connectivity index (χ1) is 9.85. The highest BCUT2D eigenvalue weighted by molar-refractivity contribution is 7.88. The van der Waals surface area contributed by atoms with Crippen molar-refractivity contribution in [2.75, 3.05) is 6.54 Å². The fraction of sp³-hybridized carbons (Fsp3) is 0.385. The van der Waals surface area contributed by atoms with Gasteiger partial charge >= 0.3 is 5.97 Å². The summed E-state index contributed by atoms with van der Waals surface area (Å²) in [6.07, 6.45) is 1.04. The van der Waals surface area contributed by atoms with Gasteiger partial charge in [0, 0.05) is 19.0 Å². The lowest BCUT2D eigenvalue weighted by molar-refractivity contribution is -0.119. The summed E-state index contributed by atoms with van der Waals surface area (Å²) < 4.78 is 26.3. The summed E-state index contributed by atoms with van der Waals surface area (Å²) in [4.78, 5) is 21.7. The lowest BCUT2D eigenvalue weighted by Gasteiger charge is -2.12. The van der Waals surface area contributed by atoms with Gasteiger partial charge in [0.1, 0.15) is 0 Å². The van der Waals surface area contributed by atoms with Crippen LogP contribution in [0.15, 0.2) is 24.3 Å². The summed E-state index contributed by atoms with van der Waals surface area (Å²) in [7, 11) is -3.52. The molecule has 0 radical (unpaired) electrons. The zero-order chi connectivity index (χ0) is 15.5. The third-order valence-electron chi connectivity index (χ3n) is 3.19. The van der Waals surface area contributed by atoms with Gasteiger partial charge in [-0.2, -0.15) is 0 Å². The predicted molar refractivity (Wildman–Crippen MR) is 75.2 cm³/mol. The van der Waals surface area contributed by atoms with Gasteiger partial charge in [-0.25, -0.2) is 17.9 Å². The van der Waals surface area contributed by atoms with E-state index < -0.39 is 16.0 Å². The third-order valence-corrected chi connectivity index (χ3v) is 4.51. The Morgan fingerprint density at radius 3 is 2.52 bits per heavy atom. The molecule has 1 aliphatic rings. The van der Waals surface area contributed by atoms with Crippen molar-refractivity contribution < 1.29 is 23.1 Å². The van der Waals surface area contributed by atoms with Crippen LogP contribution in [0.2, 0.25) is 0 Å². The highest BCUT2D eigenvalue weighted by Crippen LogP contribution is 2.09. The fourth-order valence-electron chi connectivity index (χ4n) is 2.07. The molecule has 2 rings (SSSR count). The number of nitrogens with one attached hydrogen (secondary N) is 2. The van der Waals surface area contributed by atoms with Gasteiger partial charge in [-0.05, 0) is 24.1 Å². The van der Waals surface area contributed by atoms with E-state index in [1.165, 1.54) is 24.3 Å². The molecule has 1 aromatic carbocycles. The van der Waals surface area contributed by atoms with Gasteiger partial charge < -0.3 is 10.4 Å². The van der Waals surface area contributed by atoms with Crippen LogP contribution in [0, 0.1) is 0 Å². The molecule has 114 valence electrons. The number of sulfonamides is 1. The van der Waals surface area contributed by atoms with Crippen LogP contribution in [0.25, 0.3) is 0 Å². The van der Waals surface area contributed by atoms with Crippen LogP contribution >= 0.6 is 0 Å². The molecule has 0 saturated carbocycles. The molecule has 1 aliphatic heterocycles. The zero-order valence-corrected chi connectivity index (χ0v) is 12.0. The van der Waals surface area contributed by atoms with Gasteiger partial charge in [-0.15, -0.1) is 0 Å². The SMILES string of the molecule is O=C1CCC(CNS(=O)(=O)Cc2ccc(C(=O)O)cc2)N1. The molecular formula is C13H16N2O5S. The number of rotatable bonds is 6. The normalized spacial score (nSPS) is 18.5. The Kier molecular flexibility index (Phi) is 4.59. The van der Waals surface area contributed by atoms with Crippen LogP contribution < -0.4 is 10.0 Å². The minimum Gasteiger partial charge on any atom is -0.478 e. The van der Waals surface area contributed by atoms with E-state index in [-0.39, 0.29) is 29.8 Å². The maximum Gasteiger partial charge on any atom is 0.335 e. The summed E-state index contributed by atoms with van der Waals surface area (Å²) in [5.74, 6) is -1.35. The summed E-state index contributed by atoms with van der Waals surface area (Å²) in [6, 6.07) is 5.51. The second-order valence-corrected chi connectivity index (χ2v) is 6.72. The number of carbonyl (C=O) groups is 2. The van der Waals surface area contributed by atoms with Crippen molar-refractivity contribution in [1.29, 1.82) is 0 Å². The summed E-state index contributed by atoms with van der Waals surface area (Å²) in [5.41, 5.74) is 0.612. The van der Waals surface area contributed by atoms with Crippen LogP contribution in [0.4, 0.5) is 0 Å². The van der Waals surface area contributed by atoms with Gasteiger partial charge in [0.25, 0.3) is 0 Å². The molecule has 1 atom stereocenters. The lowest BCUT2D eigenvalue weighted by Crippen LogP contribution is -2.38. The second kappa shape index (κ2) is 6.23. The monoisotopic (exact) mass is 312 g/mol.